The van der Waals surface area contributed by atoms with Gasteiger partial charge in [-0.25, -0.2) is 14.2 Å². The van der Waals surface area contributed by atoms with Crippen molar-refractivity contribution in [3.05, 3.63) is 62.7 Å². The van der Waals surface area contributed by atoms with E-state index in [0.29, 0.717) is 18.8 Å². The molecule has 1 N–H and O–H groups in total. The number of amides is 1. The summed E-state index contributed by atoms with van der Waals surface area (Å²) in [5.41, 5.74) is -0.224. The van der Waals surface area contributed by atoms with Gasteiger partial charge in [-0.05, 0) is 44.2 Å². The first kappa shape index (κ1) is 21.7. The molecule has 4 rings (SSSR count). The lowest BCUT2D eigenvalue weighted by molar-refractivity contribution is -0.00539. The molecule has 1 aliphatic heterocycles. The molecule has 0 radical (unpaired) electrons. The van der Waals surface area contributed by atoms with E-state index in [-0.39, 0.29) is 34.6 Å². The van der Waals surface area contributed by atoms with Crippen molar-refractivity contribution in [1.29, 1.82) is 0 Å². The molecular weight excluding hydrogens is 417 g/mol. The molecule has 1 saturated heterocycles. The molecule has 0 spiro atoms. The summed E-state index contributed by atoms with van der Waals surface area (Å²) in [5, 5.41) is 2.83. The highest BCUT2D eigenvalue weighted by molar-refractivity contribution is 6.03. The van der Waals surface area contributed by atoms with Gasteiger partial charge in [-0.1, -0.05) is 0 Å². The average Bonchev–Trinajstić information content (AvgIpc) is 2.75. The highest BCUT2D eigenvalue weighted by Crippen LogP contribution is 2.26. The molecule has 2 atom stereocenters. The number of nitrogens with one attached hydrogen (secondary N) is 1. The van der Waals surface area contributed by atoms with Gasteiger partial charge in [0.2, 0.25) is 0 Å². The van der Waals surface area contributed by atoms with Gasteiger partial charge in [0.1, 0.15) is 17.2 Å². The fourth-order valence-electron chi connectivity index (χ4n) is 3.99. The maximum Gasteiger partial charge on any atom is 0.332 e. The lowest BCUT2D eigenvalue weighted by Gasteiger charge is -2.37. The predicted octanol–water partition coefficient (Wildman–Crippen LogP) is 1.64. The van der Waals surface area contributed by atoms with Crippen LogP contribution in [0.2, 0.25) is 0 Å². The Hall–Kier alpha value is -3.53. The van der Waals surface area contributed by atoms with E-state index in [1.807, 2.05) is 18.7 Å². The van der Waals surface area contributed by atoms with E-state index < -0.39 is 23.0 Å². The molecule has 1 aromatic carbocycles. The summed E-state index contributed by atoms with van der Waals surface area (Å²) in [7, 11) is 2.85. The van der Waals surface area contributed by atoms with Crippen molar-refractivity contribution in [2.24, 2.45) is 14.1 Å². The molecule has 168 valence electrons. The minimum absolute atomic E-state index is 0.000988. The molecule has 0 bridgehead atoms. The van der Waals surface area contributed by atoms with E-state index >= 15 is 0 Å². The summed E-state index contributed by atoms with van der Waals surface area (Å²) in [5.74, 6) is -1.04. The second kappa shape index (κ2) is 8.19. The Kier molecular flexibility index (Phi) is 5.55. The van der Waals surface area contributed by atoms with Crippen LogP contribution in [0.15, 0.2) is 39.9 Å². The number of rotatable bonds is 3. The monoisotopic (exact) mass is 441 g/mol. The van der Waals surface area contributed by atoms with Gasteiger partial charge in [0, 0.05) is 32.9 Å². The van der Waals surface area contributed by atoms with Crippen LogP contribution < -0.4 is 21.5 Å². The zero-order valence-corrected chi connectivity index (χ0v) is 18.3. The first-order valence-electron chi connectivity index (χ1n) is 10.2. The van der Waals surface area contributed by atoms with E-state index in [1.165, 1.54) is 36.9 Å². The standard InChI is InChI=1S/C22H24FN5O4/c1-12-10-28(11-13(2)32-12)18-8-5-14(9-16(18)23)24-20(29)17-7-6-15-19(25-17)26(3)22(31)27(4)21(15)30/h5-9,12-13H,10-11H2,1-4H3,(H,24,29)/t12-,13-/m0/s1. The highest BCUT2D eigenvalue weighted by Gasteiger charge is 2.24. The number of ether oxygens (including phenoxy) is 1. The second-order valence-corrected chi connectivity index (χ2v) is 8.06. The van der Waals surface area contributed by atoms with E-state index in [1.54, 1.807) is 12.1 Å². The van der Waals surface area contributed by atoms with Crippen LogP contribution in [0.1, 0.15) is 24.3 Å². The molecule has 1 fully saturated rings. The zero-order valence-electron chi connectivity index (χ0n) is 18.3. The van der Waals surface area contributed by atoms with Crippen molar-refractivity contribution < 1.29 is 13.9 Å². The number of benzene rings is 1. The third kappa shape index (κ3) is 3.89. The smallest absolute Gasteiger partial charge is 0.332 e. The van der Waals surface area contributed by atoms with Gasteiger partial charge in [-0.15, -0.1) is 0 Å². The molecule has 0 aliphatic carbocycles. The number of morpholine rings is 1. The highest BCUT2D eigenvalue weighted by atomic mass is 19.1. The number of aryl methyl sites for hydroxylation is 1. The van der Waals surface area contributed by atoms with Crippen LogP contribution in [-0.4, -0.2) is 45.3 Å². The number of anilines is 2. The lowest BCUT2D eigenvalue weighted by atomic mass is 10.1. The Balaban J connectivity index is 1.59. The molecule has 1 amide bonds. The summed E-state index contributed by atoms with van der Waals surface area (Å²) in [6, 6.07) is 7.34. The fourth-order valence-corrected chi connectivity index (χ4v) is 3.99. The average molecular weight is 441 g/mol. The molecule has 3 heterocycles. The Morgan fingerprint density at radius 1 is 1.09 bits per heavy atom. The Morgan fingerprint density at radius 2 is 1.78 bits per heavy atom. The molecule has 0 saturated carbocycles. The molecule has 0 unspecified atom stereocenters. The molecule has 10 heteroatoms. The van der Waals surface area contributed by atoms with Crippen LogP contribution >= 0.6 is 0 Å². The van der Waals surface area contributed by atoms with Crippen molar-refractivity contribution >= 4 is 28.3 Å². The quantitative estimate of drug-likeness (QED) is 0.664. The fraction of sp³-hybridized carbons (Fsp3) is 0.364. The van der Waals surface area contributed by atoms with Crippen LogP contribution in [0, 0.1) is 5.82 Å². The zero-order chi connectivity index (χ0) is 23.2. The van der Waals surface area contributed by atoms with Crippen LogP contribution in [0.5, 0.6) is 0 Å². The first-order chi connectivity index (χ1) is 15.2. The van der Waals surface area contributed by atoms with Crippen LogP contribution in [0.3, 0.4) is 0 Å². The third-order valence-corrected chi connectivity index (χ3v) is 5.50. The summed E-state index contributed by atoms with van der Waals surface area (Å²) in [4.78, 5) is 43.2. The topological polar surface area (TPSA) is 98.5 Å². The third-order valence-electron chi connectivity index (χ3n) is 5.50. The van der Waals surface area contributed by atoms with Gasteiger partial charge in [0.05, 0.1) is 23.3 Å². The van der Waals surface area contributed by atoms with Crippen LogP contribution in [0.25, 0.3) is 11.0 Å². The molecule has 32 heavy (non-hydrogen) atoms. The Labute approximate surface area is 183 Å². The van der Waals surface area contributed by atoms with Crippen LogP contribution in [-0.2, 0) is 18.8 Å². The summed E-state index contributed by atoms with van der Waals surface area (Å²) >= 11 is 0. The lowest BCUT2D eigenvalue weighted by Crippen LogP contribution is -2.45. The first-order valence-corrected chi connectivity index (χ1v) is 10.2. The second-order valence-electron chi connectivity index (χ2n) is 8.06. The molecule has 2 aromatic heterocycles. The Morgan fingerprint density at radius 3 is 2.44 bits per heavy atom. The van der Waals surface area contributed by atoms with E-state index in [2.05, 4.69) is 10.3 Å². The number of hydrogen-bond acceptors (Lipinski definition) is 6. The summed E-state index contributed by atoms with van der Waals surface area (Å²) in [6.07, 6.45) is -0.0198. The predicted molar refractivity (Wildman–Crippen MR) is 119 cm³/mol. The number of carbonyl (C=O) groups is 1. The van der Waals surface area contributed by atoms with Gasteiger partial charge in [0.25, 0.3) is 11.5 Å². The number of halogens is 1. The molecule has 9 nitrogen and oxygen atoms in total. The number of pyridine rings is 1. The normalized spacial score (nSPS) is 18.7. The van der Waals surface area contributed by atoms with Gasteiger partial charge in [0.15, 0.2) is 0 Å². The van der Waals surface area contributed by atoms with Crippen molar-refractivity contribution in [3.8, 4) is 0 Å². The molecular formula is C22H24FN5O4. The van der Waals surface area contributed by atoms with Crippen LogP contribution in [0.4, 0.5) is 15.8 Å². The van der Waals surface area contributed by atoms with Gasteiger partial charge < -0.3 is 15.0 Å². The summed E-state index contributed by atoms with van der Waals surface area (Å²) in [6.45, 7) is 5.03. The number of fused-ring (bicyclic) bond motifs is 1. The number of aromatic nitrogens is 3. The maximum absolute atomic E-state index is 14.8. The number of carbonyl (C=O) groups excluding carboxylic acids is 1. The van der Waals surface area contributed by atoms with Gasteiger partial charge >= 0.3 is 5.69 Å². The van der Waals surface area contributed by atoms with Crippen molar-refractivity contribution in [3.63, 3.8) is 0 Å². The maximum atomic E-state index is 14.8. The van der Waals surface area contributed by atoms with Crippen molar-refractivity contribution in [1.82, 2.24) is 14.1 Å². The Bertz CT molecular complexity index is 1320. The number of nitrogens with zero attached hydrogens (tertiary/aromatic N) is 4. The van der Waals surface area contributed by atoms with Crippen molar-refractivity contribution in [2.75, 3.05) is 23.3 Å². The van der Waals surface area contributed by atoms with Gasteiger partial charge in [-0.2, -0.15) is 0 Å². The molecule has 1 aliphatic rings. The molecule has 3 aromatic rings. The van der Waals surface area contributed by atoms with E-state index in [4.69, 9.17) is 4.74 Å². The summed E-state index contributed by atoms with van der Waals surface area (Å²) < 4.78 is 22.7. The van der Waals surface area contributed by atoms with E-state index in [9.17, 15) is 18.8 Å². The minimum Gasteiger partial charge on any atom is -0.372 e. The number of hydrogen-bond donors (Lipinski definition) is 1. The minimum atomic E-state index is -0.583. The van der Waals surface area contributed by atoms with E-state index in [0.717, 1.165) is 4.57 Å². The largest absolute Gasteiger partial charge is 0.372 e. The van der Waals surface area contributed by atoms with Crippen molar-refractivity contribution in [2.45, 2.75) is 26.1 Å². The SMILES string of the molecule is C[C@H]1CN(c2ccc(NC(=O)c3ccc4c(=O)n(C)c(=O)n(C)c4n3)cc2F)C[C@H](C)O1. The van der Waals surface area contributed by atoms with Gasteiger partial charge in [-0.3, -0.25) is 18.7 Å².